The molecule has 1 aliphatic carbocycles. The molecular weight excluding hydrogens is 422 g/mol. The zero-order valence-corrected chi connectivity index (χ0v) is 20.4. The number of nitrogens with zero attached hydrogens (tertiary/aromatic N) is 3. The summed E-state index contributed by atoms with van der Waals surface area (Å²) in [6.45, 7) is 10.7. The van der Waals surface area contributed by atoms with Crippen molar-refractivity contribution in [3.8, 4) is 11.8 Å². The Morgan fingerprint density at radius 1 is 1.31 bits per heavy atom. The van der Waals surface area contributed by atoms with Gasteiger partial charge in [0.05, 0.1) is 23.2 Å². The van der Waals surface area contributed by atoms with Gasteiger partial charge in [0.1, 0.15) is 4.88 Å². The number of anilines is 1. The summed E-state index contributed by atoms with van der Waals surface area (Å²) < 4.78 is 1.78. The smallest absolute Gasteiger partial charge is 0.348 e. The topological polar surface area (TPSA) is 75.4 Å². The highest BCUT2D eigenvalue weighted by molar-refractivity contribution is 7.15. The predicted octanol–water partition coefficient (Wildman–Crippen LogP) is 5.29. The van der Waals surface area contributed by atoms with Gasteiger partial charge in [-0.1, -0.05) is 18.8 Å². The Hall–Kier alpha value is -2.59. The summed E-state index contributed by atoms with van der Waals surface area (Å²) in [7, 11) is 0. The number of aromatic carboxylic acids is 1. The molecule has 2 aromatic heterocycles. The zero-order chi connectivity index (χ0) is 23.5. The van der Waals surface area contributed by atoms with Crippen LogP contribution in [0, 0.1) is 29.1 Å². The van der Waals surface area contributed by atoms with Crippen molar-refractivity contribution in [2.24, 2.45) is 17.3 Å². The third kappa shape index (κ3) is 6.01. The molecule has 32 heavy (non-hydrogen) atoms. The van der Waals surface area contributed by atoms with Crippen LogP contribution in [0.5, 0.6) is 0 Å². The highest BCUT2D eigenvalue weighted by atomic mass is 32.1. The highest BCUT2D eigenvalue weighted by Crippen LogP contribution is 2.36. The van der Waals surface area contributed by atoms with E-state index < -0.39 is 5.97 Å². The van der Waals surface area contributed by atoms with Gasteiger partial charge in [0.25, 0.3) is 0 Å². The lowest BCUT2D eigenvalue weighted by Gasteiger charge is -2.34. The second kappa shape index (κ2) is 9.91. The van der Waals surface area contributed by atoms with Crippen molar-refractivity contribution < 1.29 is 14.7 Å². The number of carbonyl (C=O) groups is 2. The lowest BCUT2D eigenvalue weighted by Crippen LogP contribution is -2.45. The van der Waals surface area contributed by atoms with Crippen molar-refractivity contribution >= 4 is 28.9 Å². The Kier molecular flexibility index (Phi) is 7.45. The van der Waals surface area contributed by atoms with Gasteiger partial charge in [-0.2, -0.15) is 5.10 Å². The summed E-state index contributed by atoms with van der Waals surface area (Å²) in [5.74, 6) is 5.80. The molecule has 1 unspecified atom stereocenters. The lowest BCUT2D eigenvalue weighted by molar-refractivity contribution is -0.124. The molecule has 1 amide bonds. The van der Waals surface area contributed by atoms with Crippen LogP contribution < -0.4 is 4.90 Å². The third-order valence-electron chi connectivity index (χ3n) is 5.78. The number of rotatable bonds is 6. The van der Waals surface area contributed by atoms with Crippen LogP contribution in [-0.2, 0) is 11.3 Å². The van der Waals surface area contributed by atoms with Crippen molar-refractivity contribution in [2.45, 2.75) is 72.9 Å². The number of carbonyl (C=O) groups excluding carboxylic acids is 1. The largest absolute Gasteiger partial charge is 0.477 e. The molecule has 1 fully saturated rings. The minimum atomic E-state index is -1.03. The van der Waals surface area contributed by atoms with Crippen molar-refractivity contribution in [3.05, 3.63) is 34.3 Å². The monoisotopic (exact) mass is 455 g/mol. The van der Waals surface area contributed by atoms with Crippen molar-refractivity contribution in [1.29, 1.82) is 0 Å². The Bertz CT molecular complexity index is 1000. The molecule has 0 aromatic carbocycles. The van der Waals surface area contributed by atoms with Gasteiger partial charge in [-0.15, -0.1) is 11.3 Å². The molecule has 1 aliphatic rings. The van der Waals surface area contributed by atoms with Crippen LogP contribution >= 0.6 is 11.3 Å². The average molecular weight is 456 g/mol. The van der Waals surface area contributed by atoms with Gasteiger partial charge < -0.3 is 10.0 Å². The number of hydrogen-bond donors (Lipinski definition) is 1. The van der Waals surface area contributed by atoms with Crippen LogP contribution in [0.4, 0.5) is 5.69 Å². The molecule has 1 atom stereocenters. The fourth-order valence-corrected chi connectivity index (χ4v) is 4.90. The first-order valence-corrected chi connectivity index (χ1v) is 12.1. The van der Waals surface area contributed by atoms with E-state index in [-0.39, 0.29) is 28.2 Å². The normalized spacial score (nSPS) is 19.7. The van der Waals surface area contributed by atoms with E-state index in [1.54, 1.807) is 21.8 Å². The SMILES string of the molecule is CC(Cn1cccn1)N(c1cc(C#CC(C)(C)C)sc1C(=O)O)C(=O)[C@H]1CC[C@H](C)CC1. The van der Waals surface area contributed by atoms with Gasteiger partial charge in [-0.05, 0) is 71.4 Å². The Morgan fingerprint density at radius 3 is 2.56 bits per heavy atom. The summed E-state index contributed by atoms with van der Waals surface area (Å²) in [5.41, 5.74) is 0.249. The summed E-state index contributed by atoms with van der Waals surface area (Å²) in [6.07, 6.45) is 7.29. The molecule has 1 N–H and O–H groups in total. The molecule has 7 heteroatoms. The second-order valence-electron chi connectivity index (χ2n) is 9.87. The molecule has 1 saturated carbocycles. The maximum atomic E-state index is 13.7. The molecular formula is C25H33N3O3S. The summed E-state index contributed by atoms with van der Waals surface area (Å²) in [6, 6.07) is 3.36. The van der Waals surface area contributed by atoms with E-state index >= 15 is 0 Å². The van der Waals surface area contributed by atoms with Gasteiger partial charge in [-0.25, -0.2) is 4.79 Å². The minimum absolute atomic E-state index is 0.00665. The van der Waals surface area contributed by atoms with Gasteiger partial charge in [0.2, 0.25) is 5.91 Å². The van der Waals surface area contributed by atoms with Crippen molar-refractivity contribution in [1.82, 2.24) is 9.78 Å². The van der Waals surface area contributed by atoms with Gasteiger partial charge >= 0.3 is 5.97 Å². The van der Waals surface area contributed by atoms with Gasteiger partial charge in [0.15, 0.2) is 0 Å². The number of hydrogen-bond acceptors (Lipinski definition) is 4. The number of carboxylic acid groups (broad SMARTS) is 1. The van der Waals surface area contributed by atoms with Crippen LogP contribution in [0.2, 0.25) is 0 Å². The maximum Gasteiger partial charge on any atom is 0.348 e. The summed E-state index contributed by atoms with van der Waals surface area (Å²) in [4.78, 5) is 28.4. The van der Waals surface area contributed by atoms with Crippen LogP contribution in [0.1, 0.15) is 74.9 Å². The minimum Gasteiger partial charge on any atom is -0.477 e. The molecule has 0 bridgehead atoms. The van der Waals surface area contributed by atoms with Crippen molar-refractivity contribution in [3.63, 3.8) is 0 Å². The fraction of sp³-hybridized carbons (Fsp3) is 0.560. The van der Waals surface area contributed by atoms with Crippen LogP contribution in [0.15, 0.2) is 24.5 Å². The van der Waals surface area contributed by atoms with Gasteiger partial charge in [0, 0.05) is 23.7 Å². The molecule has 3 rings (SSSR count). The lowest BCUT2D eigenvalue weighted by atomic mass is 9.82. The van der Waals surface area contributed by atoms with E-state index in [1.807, 2.05) is 40.0 Å². The second-order valence-corrected chi connectivity index (χ2v) is 10.9. The molecule has 0 radical (unpaired) electrons. The molecule has 2 heterocycles. The predicted molar refractivity (Wildman–Crippen MR) is 128 cm³/mol. The number of aromatic nitrogens is 2. The van der Waals surface area contributed by atoms with Crippen molar-refractivity contribution in [2.75, 3.05) is 4.90 Å². The number of thiophene rings is 1. The Labute approximate surface area is 194 Å². The first kappa shape index (κ1) is 24.1. The van der Waals surface area contributed by atoms with Crippen LogP contribution in [0.3, 0.4) is 0 Å². The molecule has 0 saturated heterocycles. The molecule has 172 valence electrons. The van der Waals surface area contributed by atoms with Gasteiger partial charge in [-0.3, -0.25) is 9.48 Å². The molecule has 0 aliphatic heterocycles. The fourth-order valence-electron chi connectivity index (χ4n) is 4.06. The number of amides is 1. The Balaban J connectivity index is 2.01. The van der Waals surface area contributed by atoms with E-state index in [4.69, 9.17) is 0 Å². The summed E-state index contributed by atoms with van der Waals surface area (Å²) in [5, 5.41) is 14.2. The highest BCUT2D eigenvalue weighted by Gasteiger charge is 2.34. The van der Waals surface area contributed by atoms with E-state index in [9.17, 15) is 14.7 Å². The third-order valence-corrected chi connectivity index (χ3v) is 6.81. The average Bonchev–Trinajstić information content (AvgIpc) is 3.36. The molecule has 6 nitrogen and oxygen atoms in total. The van der Waals surface area contributed by atoms with Crippen LogP contribution in [0.25, 0.3) is 0 Å². The quantitative estimate of drug-likeness (QED) is 0.601. The Morgan fingerprint density at radius 2 is 2.00 bits per heavy atom. The standard InChI is InChI=1S/C25H33N3O3S/c1-17-7-9-19(10-8-17)23(29)28(18(2)16-27-14-6-13-26-27)21-15-20(11-12-25(3,4)5)32-22(21)24(30)31/h6,13-15,17-19H,7-10,16H2,1-5H3,(H,30,31)/t17-,18?,19-. The van der Waals surface area contributed by atoms with E-state index in [2.05, 4.69) is 23.9 Å². The molecule has 2 aromatic rings. The first-order valence-electron chi connectivity index (χ1n) is 11.3. The maximum absolute atomic E-state index is 13.7. The number of carboxylic acids is 1. The van der Waals surface area contributed by atoms with E-state index in [0.717, 1.165) is 37.0 Å². The first-order chi connectivity index (χ1) is 15.0. The van der Waals surface area contributed by atoms with E-state index in [1.165, 1.54) is 0 Å². The molecule has 0 spiro atoms. The van der Waals surface area contributed by atoms with Crippen LogP contribution in [-0.4, -0.2) is 32.8 Å². The van der Waals surface area contributed by atoms with E-state index in [0.29, 0.717) is 23.0 Å². The summed E-state index contributed by atoms with van der Waals surface area (Å²) >= 11 is 1.14. The zero-order valence-electron chi connectivity index (χ0n) is 19.6.